The molecule has 0 aliphatic heterocycles. The number of nitriles is 3. The molecule has 2 heterocycles. The highest BCUT2D eigenvalue weighted by molar-refractivity contribution is 6.11. The molecular formula is C45H25N5. The van der Waals surface area contributed by atoms with Crippen molar-refractivity contribution in [3.63, 3.8) is 0 Å². The van der Waals surface area contributed by atoms with E-state index in [9.17, 15) is 15.8 Å². The van der Waals surface area contributed by atoms with E-state index in [0.29, 0.717) is 22.3 Å². The maximum atomic E-state index is 11.0. The number of benzene rings is 7. The molecule has 9 aromatic rings. The van der Waals surface area contributed by atoms with Gasteiger partial charge in [0.1, 0.15) is 6.07 Å². The van der Waals surface area contributed by atoms with Crippen molar-refractivity contribution in [1.29, 1.82) is 15.8 Å². The van der Waals surface area contributed by atoms with Crippen molar-refractivity contribution >= 4 is 43.6 Å². The van der Waals surface area contributed by atoms with Crippen LogP contribution in [0.1, 0.15) is 16.7 Å². The third-order valence-corrected chi connectivity index (χ3v) is 9.67. The molecule has 0 radical (unpaired) electrons. The lowest BCUT2D eigenvalue weighted by Crippen LogP contribution is -2.03. The Hall–Kier alpha value is -7.39. The van der Waals surface area contributed by atoms with E-state index in [0.717, 1.165) is 71.7 Å². The van der Waals surface area contributed by atoms with Crippen molar-refractivity contribution in [1.82, 2.24) is 9.13 Å². The molecule has 0 saturated carbocycles. The molecular weight excluding hydrogens is 611 g/mol. The molecule has 0 bridgehead atoms. The van der Waals surface area contributed by atoms with E-state index < -0.39 is 0 Å². The second-order valence-electron chi connectivity index (χ2n) is 12.2. The Bertz CT molecular complexity index is 2920. The summed E-state index contributed by atoms with van der Waals surface area (Å²) in [5.74, 6) is 0. The molecule has 5 nitrogen and oxygen atoms in total. The summed E-state index contributed by atoms with van der Waals surface area (Å²) < 4.78 is 4.38. The number of para-hydroxylation sites is 4. The van der Waals surface area contributed by atoms with Gasteiger partial charge >= 0.3 is 0 Å². The number of hydrogen-bond donors (Lipinski definition) is 0. The molecule has 2 aromatic heterocycles. The molecule has 5 heteroatoms. The van der Waals surface area contributed by atoms with Gasteiger partial charge in [0.25, 0.3) is 0 Å². The van der Waals surface area contributed by atoms with Crippen molar-refractivity contribution < 1.29 is 0 Å². The Morgan fingerprint density at radius 1 is 0.380 bits per heavy atom. The SMILES string of the molecule is N#Cc1ccc2c(c1)c1ccccc1n2-c1ccccc1-c1ccccc1-c1c(C#N)ccc(-n2c3ccccc3c3ccccc32)c1C#N. The molecule has 0 fully saturated rings. The van der Waals surface area contributed by atoms with Crippen molar-refractivity contribution in [2.75, 3.05) is 0 Å². The third-order valence-electron chi connectivity index (χ3n) is 9.67. The topological polar surface area (TPSA) is 81.2 Å². The van der Waals surface area contributed by atoms with Gasteiger partial charge in [0, 0.05) is 32.7 Å². The molecule has 0 unspecified atom stereocenters. The number of aromatic nitrogens is 2. The third kappa shape index (κ3) is 4.17. The number of nitrogens with zero attached hydrogens (tertiary/aromatic N) is 5. The molecule has 230 valence electrons. The van der Waals surface area contributed by atoms with Crippen LogP contribution in [0.3, 0.4) is 0 Å². The fourth-order valence-electron chi connectivity index (χ4n) is 7.58. The summed E-state index contributed by atoms with van der Waals surface area (Å²) >= 11 is 0. The lowest BCUT2D eigenvalue weighted by Gasteiger charge is -2.19. The van der Waals surface area contributed by atoms with E-state index in [1.54, 1.807) is 0 Å². The fourth-order valence-corrected chi connectivity index (χ4v) is 7.58. The first kappa shape index (κ1) is 28.8. The van der Waals surface area contributed by atoms with Crippen LogP contribution in [-0.4, -0.2) is 9.13 Å². The number of hydrogen-bond acceptors (Lipinski definition) is 3. The average molecular weight is 636 g/mol. The standard InChI is InChI=1S/C45H25N5/c46-26-29-21-23-43-37(25-29)35-15-6-10-20-42(35)49(43)39-17-7-3-12-32(39)31-11-1-2-16-36(31)45-30(27-47)22-24-44(38(45)28-48)50-40-18-8-4-13-33(40)34-14-5-9-19-41(34)50/h1-25H. The quantitative estimate of drug-likeness (QED) is 0.193. The van der Waals surface area contributed by atoms with Gasteiger partial charge in [-0.2, -0.15) is 15.8 Å². The van der Waals surface area contributed by atoms with Crippen LogP contribution in [0.5, 0.6) is 0 Å². The van der Waals surface area contributed by atoms with Crippen LogP contribution in [-0.2, 0) is 0 Å². The smallest absolute Gasteiger partial charge is 0.102 e. The Labute approximate surface area is 287 Å². The van der Waals surface area contributed by atoms with E-state index >= 15 is 0 Å². The molecule has 0 aliphatic rings. The summed E-state index contributed by atoms with van der Waals surface area (Å²) in [6.07, 6.45) is 0. The van der Waals surface area contributed by atoms with Gasteiger partial charge in [-0.15, -0.1) is 0 Å². The van der Waals surface area contributed by atoms with Gasteiger partial charge in [-0.3, -0.25) is 0 Å². The van der Waals surface area contributed by atoms with Crippen molar-refractivity contribution in [2.24, 2.45) is 0 Å². The highest BCUT2D eigenvalue weighted by atomic mass is 15.0. The molecule has 7 aromatic carbocycles. The Morgan fingerprint density at radius 3 is 1.52 bits per heavy atom. The van der Waals surface area contributed by atoms with Crippen LogP contribution in [0.2, 0.25) is 0 Å². The molecule has 9 rings (SSSR count). The molecule has 0 saturated heterocycles. The normalized spacial score (nSPS) is 11.1. The van der Waals surface area contributed by atoms with Gasteiger partial charge in [-0.25, -0.2) is 0 Å². The zero-order valence-electron chi connectivity index (χ0n) is 26.7. The van der Waals surface area contributed by atoms with E-state index in [4.69, 9.17) is 0 Å². The van der Waals surface area contributed by atoms with E-state index in [1.807, 2.05) is 97.1 Å². The first-order chi connectivity index (χ1) is 24.7. The number of fused-ring (bicyclic) bond motifs is 6. The van der Waals surface area contributed by atoms with Crippen molar-refractivity contribution in [3.8, 4) is 51.8 Å². The molecule has 0 aliphatic carbocycles. The Morgan fingerprint density at radius 2 is 0.900 bits per heavy atom. The molecule has 0 atom stereocenters. The van der Waals surface area contributed by atoms with E-state index in [2.05, 4.69) is 81.9 Å². The lowest BCUT2D eigenvalue weighted by molar-refractivity contribution is 1.17. The highest BCUT2D eigenvalue weighted by Gasteiger charge is 2.23. The first-order valence-electron chi connectivity index (χ1n) is 16.3. The minimum absolute atomic E-state index is 0.428. The number of rotatable bonds is 4. The summed E-state index contributed by atoms with van der Waals surface area (Å²) in [7, 11) is 0. The van der Waals surface area contributed by atoms with Crippen LogP contribution in [0, 0.1) is 34.0 Å². The average Bonchev–Trinajstić information content (AvgIpc) is 3.69. The summed E-state index contributed by atoms with van der Waals surface area (Å²) in [6.45, 7) is 0. The predicted octanol–water partition coefficient (Wildman–Crippen LogP) is 10.8. The second kappa shape index (κ2) is 11.4. The van der Waals surface area contributed by atoms with Gasteiger partial charge < -0.3 is 9.13 Å². The lowest BCUT2D eigenvalue weighted by atomic mass is 9.88. The zero-order valence-corrected chi connectivity index (χ0v) is 26.7. The largest absolute Gasteiger partial charge is 0.309 e. The van der Waals surface area contributed by atoms with Crippen LogP contribution in [0.4, 0.5) is 0 Å². The van der Waals surface area contributed by atoms with E-state index in [-0.39, 0.29) is 0 Å². The maximum absolute atomic E-state index is 11.0. The van der Waals surface area contributed by atoms with Crippen molar-refractivity contribution in [2.45, 2.75) is 0 Å². The molecule has 0 N–H and O–H groups in total. The van der Waals surface area contributed by atoms with Crippen LogP contribution < -0.4 is 0 Å². The highest BCUT2D eigenvalue weighted by Crippen LogP contribution is 2.43. The zero-order chi connectivity index (χ0) is 33.8. The van der Waals surface area contributed by atoms with Gasteiger partial charge in [-0.1, -0.05) is 97.1 Å². The van der Waals surface area contributed by atoms with Gasteiger partial charge in [0.15, 0.2) is 0 Å². The van der Waals surface area contributed by atoms with Crippen LogP contribution >= 0.6 is 0 Å². The van der Waals surface area contributed by atoms with Gasteiger partial charge in [0.2, 0.25) is 0 Å². The first-order valence-corrected chi connectivity index (χ1v) is 16.3. The van der Waals surface area contributed by atoms with Crippen molar-refractivity contribution in [3.05, 3.63) is 168 Å². The van der Waals surface area contributed by atoms with Crippen LogP contribution in [0.15, 0.2) is 152 Å². The predicted molar refractivity (Wildman–Crippen MR) is 200 cm³/mol. The maximum Gasteiger partial charge on any atom is 0.102 e. The Balaban J connectivity index is 1.34. The fraction of sp³-hybridized carbons (Fsp3) is 0. The minimum Gasteiger partial charge on any atom is -0.309 e. The summed E-state index contributed by atoms with van der Waals surface area (Å²) in [4.78, 5) is 0. The van der Waals surface area contributed by atoms with Gasteiger partial charge in [-0.05, 0) is 65.7 Å². The molecule has 0 amide bonds. The van der Waals surface area contributed by atoms with E-state index in [1.165, 1.54) is 0 Å². The summed E-state index contributed by atoms with van der Waals surface area (Å²) in [5, 5.41) is 35.4. The molecule has 0 spiro atoms. The minimum atomic E-state index is 0.428. The van der Waals surface area contributed by atoms with Gasteiger partial charge in [0.05, 0.1) is 62.3 Å². The Kier molecular flexibility index (Phi) is 6.56. The molecule has 50 heavy (non-hydrogen) atoms. The van der Waals surface area contributed by atoms with Crippen LogP contribution in [0.25, 0.3) is 77.2 Å². The summed E-state index contributed by atoms with van der Waals surface area (Å²) in [5.41, 5.74) is 10.4. The monoisotopic (exact) mass is 635 g/mol. The summed E-state index contributed by atoms with van der Waals surface area (Å²) in [6, 6.07) is 57.7. The second-order valence-corrected chi connectivity index (χ2v) is 12.2.